The Bertz CT molecular complexity index is 1200. The van der Waals surface area contributed by atoms with E-state index in [1.54, 1.807) is 17.5 Å². The molecule has 2 fully saturated rings. The van der Waals surface area contributed by atoms with E-state index in [-0.39, 0.29) is 17.9 Å². The first-order chi connectivity index (χ1) is 16.0. The van der Waals surface area contributed by atoms with Crippen molar-refractivity contribution in [1.82, 2.24) is 15.2 Å². The van der Waals surface area contributed by atoms with Crippen LogP contribution in [0.15, 0.2) is 30.5 Å². The maximum absolute atomic E-state index is 12.3. The normalized spacial score (nSPS) is 19.3. The number of ether oxygens (including phenoxy) is 1. The summed E-state index contributed by atoms with van der Waals surface area (Å²) in [6, 6.07) is 7.84. The lowest BCUT2D eigenvalue weighted by Crippen LogP contribution is -2.39. The van der Waals surface area contributed by atoms with Crippen LogP contribution in [0.25, 0.3) is 21.3 Å². The van der Waals surface area contributed by atoms with Crippen molar-refractivity contribution in [2.24, 2.45) is 0 Å². The molecule has 6 nitrogen and oxygen atoms in total. The van der Waals surface area contributed by atoms with Crippen molar-refractivity contribution in [1.29, 1.82) is 0 Å². The lowest BCUT2D eigenvalue weighted by Gasteiger charge is -2.26. The highest BCUT2D eigenvalue weighted by molar-refractivity contribution is 7.19. The van der Waals surface area contributed by atoms with Crippen LogP contribution in [0.3, 0.4) is 0 Å². The topological polar surface area (TPSA) is 71.5 Å². The second-order valence-corrected chi connectivity index (χ2v) is 10.3. The third-order valence-electron chi connectivity index (χ3n) is 6.23. The molecular weight excluding hydrogens is 458 g/mol. The van der Waals surface area contributed by atoms with Gasteiger partial charge in [-0.3, -0.25) is 19.5 Å². The lowest BCUT2D eigenvalue weighted by atomic mass is 10.0. The molecule has 33 heavy (non-hydrogen) atoms. The highest BCUT2D eigenvalue weighted by Gasteiger charge is 2.27. The Morgan fingerprint density at radius 1 is 1.18 bits per heavy atom. The largest absolute Gasteiger partial charge is 0.488 e. The zero-order chi connectivity index (χ0) is 22.9. The number of nitrogens with zero attached hydrogens (tertiary/aromatic N) is 2. The van der Waals surface area contributed by atoms with Crippen LogP contribution in [0, 0.1) is 6.92 Å². The van der Waals surface area contributed by atoms with E-state index < -0.39 is 0 Å². The number of imide groups is 1. The minimum Gasteiger partial charge on any atom is -0.488 e. The number of amides is 2. The highest BCUT2D eigenvalue weighted by Crippen LogP contribution is 2.42. The van der Waals surface area contributed by atoms with Crippen molar-refractivity contribution in [3.8, 4) is 16.9 Å². The van der Waals surface area contributed by atoms with Gasteiger partial charge in [0.1, 0.15) is 11.9 Å². The molecule has 1 unspecified atom stereocenters. The fourth-order valence-corrected chi connectivity index (χ4v) is 5.99. The van der Waals surface area contributed by atoms with E-state index in [1.165, 1.54) is 4.90 Å². The van der Waals surface area contributed by atoms with Gasteiger partial charge in [0.15, 0.2) is 0 Å². The number of aryl methyl sites for hydroxylation is 1. The summed E-state index contributed by atoms with van der Waals surface area (Å²) in [7, 11) is 0. The van der Waals surface area contributed by atoms with Crippen LogP contribution in [-0.2, 0) is 16.1 Å². The number of hydrogen-bond donors (Lipinski definition) is 1. The molecule has 0 radical (unpaired) electrons. The van der Waals surface area contributed by atoms with Crippen LogP contribution in [-0.4, -0.2) is 40.9 Å². The van der Waals surface area contributed by atoms with Crippen LogP contribution in [0.1, 0.15) is 42.5 Å². The number of piperidine rings is 2. The summed E-state index contributed by atoms with van der Waals surface area (Å²) in [5.74, 6) is 0.648. The summed E-state index contributed by atoms with van der Waals surface area (Å²) >= 11 is 8.03. The van der Waals surface area contributed by atoms with Crippen LogP contribution >= 0.6 is 22.9 Å². The number of aromatic nitrogens is 1. The van der Waals surface area contributed by atoms with Crippen LogP contribution in [0.4, 0.5) is 0 Å². The first-order valence-corrected chi connectivity index (χ1v) is 12.6. The number of halogens is 1. The van der Waals surface area contributed by atoms with Gasteiger partial charge in [-0.15, -0.1) is 11.3 Å². The van der Waals surface area contributed by atoms with Gasteiger partial charge in [-0.05, 0) is 62.6 Å². The monoisotopic (exact) mass is 483 g/mol. The van der Waals surface area contributed by atoms with Gasteiger partial charge in [-0.2, -0.15) is 0 Å². The van der Waals surface area contributed by atoms with Gasteiger partial charge in [0.25, 0.3) is 0 Å². The van der Waals surface area contributed by atoms with Gasteiger partial charge >= 0.3 is 0 Å². The van der Waals surface area contributed by atoms with Gasteiger partial charge in [-0.25, -0.2) is 0 Å². The number of hydrogen-bond acceptors (Lipinski definition) is 6. The number of carbonyl (C=O) groups excluding carboxylic acids is 2. The van der Waals surface area contributed by atoms with Crippen LogP contribution < -0.4 is 10.1 Å². The molecule has 172 valence electrons. The Morgan fingerprint density at radius 2 is 2.00 bits per heavy atom. The molecule has 2 saturated heterocycles. The fourth-order valence-electron chi connectivity index (χ4n) is 4.58. The van der Waals surface area contributed by atoms with Crippen LogP contribution in [0.5, 0.6) is 5.75 Å². The predicted octanol–water partition coefficient (Wildman–Crippen LogP) is 5.10. The van der Waals surface area contributed by atoms with E-state index in [4.69, 9.17) is 16.3 Å². The minimum atomic E-state index is -0.0980. The van der Waals surface area contributed by atoms with Crippen molar-refractivity contribution >= 4 is 45.0 Å². The summed E-state index contributed by atoms with van der Waals surface area (Å²) in [5, 5.41) is 4.06. The zero-order valence-corrected chi connectivity index (χ0v) is 20.1. The van der Waals surface area contributed by atoms with E-state index in [0.29, 0.717) is 30.8 Å². The maximum atomic E-state index is 12.3. The average Bonchev–Trinajstić information content (AvgIpc) is 3.22. The molecule has 4 heterocycles. The molecule has 1 atom stereocenters. The smallest absolute Gasteiger partial charge is 0.229 e. The third-order valence-corrected chi connectivity index (χ3v) is 7.59. The number of thiophene rings is 1. The standard InChI is InChI=1S/C25H26ClN3O3S/c1-15-10-16(26)11-20(24(15)32-17-4-3-8-27-13-17)19-7-9-28-21-12-18(33-25(19)21)14-29-22(30)5-2-6-23(29)31/h7,9-12,17,27H,2-6,8,13-14H2,1H3. The Hall–Kier alpha value is -2.48. The lowest BCUT2D eigenvalue weighted by molar-refractivity contribution is -0.148. The molecule has 0 aliphatic carbocycles. The minimum absolute atomic E-state index is 0.0980. The number of carbonyl (C=O) groups is 2. The summed E-state index contributed by atoms with van der Waals surface area (Å²) < 4.78 is 7.50. The van der Waals surface area contributed by atoms with Gasteiger partial charge in [0.05, 0.1) is 16.8 Å². The highest BCUT2D eigenvalue weighted by atomic mass is 35.5. The number of nitrogens with one attached hydrogen (secondary N) is 1. The molecule has 0 spiro atoms. The molecule has 1 N–H and O–H groups in total. The van der Waals surface area contributed by atoms with Gasteiger partial charge in [-0.1, -0.05) is 11.6 Å². The molecular formula is C25H26ClN3O3S. The fraction of sp³-hybridized carbons (Fsp3) is 0.400. The number of rotatable bonds is 5. The predicted molar refractivity (Wildman–Crippen MR) is 131 cm³/mol. The van der Waals surface area contributed by atoms with Crippen LogP contribution in [0.2, 0.25) is 5.02 Å². The molecule has 1 aromatic carbocycles. The summed E-state index contributed by atoms with van der Waals surface area (Å²) in [5.41, 5.74) is 3.77. The molecule has 5 rings (SSSR count). The SMILES string of the molecule is Cc1cc(Cl)cc(-c2ccnc3cc(CN4C(=O)CCCC4=O)sc23)c1OC1CCCNC1. The Balaban J connectivity index is 1.53. The molecule has 8 heteroatoms. The van der Waals surface area contributed by atoms with Crippen molar-refractivity contribution in [3.63, 3.8) is 0 Å². The average molecular weight is 484 g/mol. The first-order valence-electron chi connectivity index (χ1n) is 11.4. The summed E-state index contributed by atoms with van der Waals surface area (Å²) in [6.07, 6.45) is 5.50. The number of pyridine rings is 1. The molecule has 2 aliphatic rings. The first kappa shape index (κ1) is 22.3. The Kier molecular flexibility index (Phi) is 6.36. The number of likely N-dealkylation sites (tertiary alicyclic amines) is 1. The number of benzene rings is 1. The summed E-state index contributed by atoms with van der Waals surface area (Å²) in [4.78, 5) is 31.4. The molecule has 2 aliphatic heterocycles. The second-order valence-electron chi connectivity index (χ2n) is 8.70. The van der Waals surface area contributed by atoms with Gasteiger partial charge < -0.3 is 10.1 Å². The van der Waals surface area contributed by atoms with E-state index in [2.05, 4.69) is 10.3 Å². The van der Waals surface area contributed by atoms with Crippen molar-refractivity contribution < 1.29 is 14.3 Å². The zero-order valence-electron chi connectivity index (χ0n) is 18.5. The Labute approximate surface area is 201 Å². The Morgan fingerprint density at radius 3 is 2.76 bits per heavy atom. The van der Waals surface area contributed by atoms with Crippen molar-refractivity contribution in [2.75, 3.05) is 13.1 Å². The van der Waals surface area contributed by atoms with Gasteiger partial charge in [0.2, 0.25) is 11.8 Å². The second kappa shape index (κ2) is 9.41. The molecule has 0 saturated carbocycles. The maximum Gasteiger partial charge on any atom is 0.229 e. The van der Waals surface area contributed by atoms with E-state index >= 15 is 0 Å². The molecule has 0 bridgehead atoms. The van der Waals surface area contributed by atoms with E-state index in [1.807, 2.05) is 31.2 Å². The van der Waals surface area contributed by atoms with Crippen molar-refractivity contribution in [2.45, 2.75) is 51.7 Å². The molecule has 2 aromatic heterocycles. The van der Waals surface area contributed by atoms with Gasteiger partial charge in [0, 0.05) is 46.6 Å². The molecule has 3 aromatic rings. The molecule has 2 amide bonds. The van der Waals surface area contributed by atoms with Crippen molar-refractivity contribution in [3.05, 3.63) is 45.9 Å². The van der Waals surface area contributed by atoms with E-state index in [0.717, 1.165) is 63.5 Å². The summed E-state index contributed by atoms with van der Waals surface area (Å²) in [6.45, 7) is 4.17. The third kappa shape index (κ3) is 4.63. The van der Waals surface area contributed by atoms with E-state index in [9.17, 15) is 9.59 Å². The number of fused-ring (bicyclic) bond motifs is 1. The quantitative estimate of drug-likeness (QED) is 0.511.